The third-order valence-electron chi connectivity index (χ3n) is 2.94. The summed E-state index contributed by atoms with van der Waals surface area (Å²) in [6.45, 7) is 2.98. The van der Waals surface area contributed by atoms with Crippen molar-refractivity contribution in [2.75, 3.05) is 12.3 Å². The molecule has 0 aliphatic heterocycles. The Morgan fingerprint density at radius 2 is 1.88 bits per heavy atom. The van der Waals surface area contributed by atoms with Crippen molar-refractivity contribution in [1.29, 1.82) is 0 Å². The van der Waals surface area contributed by atoms with Crippen molar-refractivity contribution in [3.63, 3.8) is 0 Å². The lowest BCUT2D eigenvalue weighted by Gasteiger charge is -2.09. The van der Waals surface area contributed by atoms with Gasteiger partial charge in [0.2, 0.25) is 0 Å². The van der Waals surface area contributed by atoms with Gasteiger partial charge in [0.05, 0.1) is 0 Å². The number of hydrogen-bond donors (Lipinski definition) is 1. The van der Waals surface area contributed by atoms with E-state index in [0.717, 1.165) is 18.1 Å². The van der Waals surface area contributed by atoms with Gasteiger partial charge in [0.1, 0.15) is 0 Å². The zero-order chi connectivity index (χ0) is 12.1. The van der Waals surface area contributed by atoms with Gasteiger partial charge in [-0.1, -0.05) is 49.4 Å². The van der Waals surface area contributed by atoms with E-state index in [9.17, 15) is 0 Å². The Kier molecular flexibility index (Phi) is 4.46. The summed E-state index contributed by atoms with van der Waals surface area (Å²) in [7, 11) is 0. The molecule has 0 spiro atoms. The van der Waals surface area contributed by atoms with Crippen molar-refractivity contribution in [3.8, 4) is 0 Å². The minimum Gasteiger partial charge on any atom is -0.330 e. The summed E-state index contributed by atoms with van der Waals surface area (Å²) in [6, 6.07) is 15.1. The first-order valence-electron chi connectivity index (χ1n) is 6.05. The van der Waals surface area contributed by atoms with E-state index in [2.05, 4.69) is 49.4 Å². The second kappa shape index (κ2) is 6.08. The zero-order valence-corrected chi connectivity index (χ0v) is 11.0. The Morgan fingerprint density at radius 3 is 2.71 bits per heavy atom. The summed E-state index contributed by atoms with van der Waals surface area (Å²) in [5.41, 5.74) is 7.06. The average molecular weight is 245 g/mol. The van der Waals surface area contributed by atoms with Crippen molar-refractivity contribution >= 4 is 22.5 Å². The molecule has 0 saturated carbocycles. The summed E-state index contributed by atoms with van der Waals surface area (Å²) in [4.78, 5) is 0. The second-order valence-electron chi connectivity index (χ2n) is 4.49. The van der Waals surface area contributed by atoms with E-state index in [0.29, 0.717) is 5.92 Å². The lowest BCUT2D eigenvalue weighted by Crippen LogP contribution is -2.12. The molecule has 0 amide bonds. The Hall–Kier alpha value is -0.990. The largest absolute Gasteiger partial charge is 0.330 e. The smallest absolute Gasteiger partial charge is 0.0190 e. The molecule has 2 aromatic carbocycles. The molecule has 90 valence electrons. The SMILES string of the molecule is CC(CN)CSCc1cccc2ccccc12. The van der Waals surface area contributed by atoms with Crippen LogP contribution < -0.4 is 5.73 Å². The summed E-state index contributed by atoms with van der Waals surface area (Å²) in [5, 5.41) is 2.71. The van der Waals surface area contributed by atoms with E-state index >= 15 is 0 Å². The van der Waals surface area contributed by atoms with Gasteiger partial charge in [-0.2, -0.15) is 11.8 Å². The molecule has 1 unspecified atom stereocenters. The number of fused-ring (bicyclic) bond motifs is 1. The average Bonchev–Trinajstić information content (AvgIpc) is 2.39. The summed E-state index contributed by atoms with van der Waals surface area (Å²) < 4.78 is 0. The van der Waals surface area contributed by atoms with E-state index in [1.54, 1.807) is 0 Å². The maximum atomic E-state index is 5.63. The molecule has 0 bridgehead atoms. The second-order valence-corrected chi connectivity index (χ2v) is 5.52. The van der Waals surface area contributed by atoms with Crippen LogP contribution >= 0.6 is 11.8 Å². The third-order valence-corrected chi connectivity index (χ3v) is 4.26. The molecule has 0 aliphatic rings. The van der Waals surface area contributed by atoms with Crippen molar-refractivity contribution in [3.05, 3.63) is 48.0 Å². The molecule has 2 heteroatoms. The summed E-state index contributed by atoms with van der Waals surface area (Å²) >= 11 is 1.97. The Morgan fingerprint density at radius 1 is 1.12 bits per heavy atom. The van der Waals surface area contributed by atoms with Crippen LogP contribution in [0.25, 0.3) is 10.8 Å². The van der Waals surface area contributed by atoms with Crippen LogP contribution in [0.1, 0.15) is 12.5 Å². The number of rotatable bonds is 5. The van der Waals surface area contributed by atoms with Crippen LogP contribution in [0.2, 0.25) is 0 Å². The molecule has 0 aliphatic carbocycles. The molecule has 2 rings (SSSR count). The predicted octanol–water partition coefficient (Wildman–Crippen LogP) is 3.67. The highest BCUT2D eigenvalue weighted by atomic mass is 32.2. The van der Waals surface area contributed by atoms with Gasteiger partial charge in [0.25, 0.3) is 0 Å². The van der Waals surface area contributed by atoms with Crippen LogP contribution in [0.3, 0.4) is 0 Å². The van der Waals surface area contributed by atoms with Gasteiger partial charge in [-0.05, 0) is 34.6 Å². The highest BCUT2D eigenvalue weighted by Crippen LogP contribution is 2.23. The first kappa shape index (κ1) is 12.5. The molecule has 0 fully saturated rings. The van der Waals surface area contributed by atoms with Crippen molar-refractivity contribution in [2.24, 2.45) is 11.7 Å². The highest BCUT2D eigenvalue weighted by Gasteiger charge is 2.02. The van der Waals surface area contributed by atoms with E-state index in [1.807, 2.05) is 11.8 Å². The fraction of sp³-hybridized carbons (Fsp3) is 0.333. The summed E-state index contributed by atoms with van der Waals surface area (Å²) in [6.07, 6.45) is 0. The fourth-order valence-corrected chi connectivity index (χ4v) is 2.98. The molecule has 2 N–H and O–H groups in total. The van der Waals surface area contributed by atoms with Crippen LogP contribution in [0.4, 0.5) is 0 Å². The van der Waals surface area contributed by atoms with Crippen LogP contribution in [0, 0.1) is 5.92 Å². The lowest BCUT2D eigenvalue weighted by molar-refractivity contribution is 0.675. The number of hydrogen-bond acceptors (Lipinski definition) is 2. The topological polar surface area (TPSA) is 26.0 Å². The monoisotopic (exact) mass is 245 g/mol. The number of nitrogens with two attached hydrogens (primary N) is 1. The van der Waals surface area contributed by atoms with E-state index in [1.165, 1.54) is 16.3 Å². The van der Waals surface area contributed by atoms with Gasteiger partial charge < -0.3 is 5.73 Å². The Balaban J connectivity index is 2.08. The molecule has 17 heavy (non-hydrogen) atoms. The first-order valence-corrected chi connectivity index (χ1v) is 7.21. The van der Waals surface area contributed by atoms with Gasteiger partial charge >= 0.3 is 0 Å². The molecule has 0 heterocycles. The van der Waals surface area contributed by atoms with Gasteiger partial charge in [-0.15, -0.1) is 0 Å². The van der Waals surface area contributed by atoms with E-state index < -0.39 is 0 Å². The minimum atomic E-state index is 0.606. The van der Waals surface area contributed by atoms with Crippen LogP contribution in [0.5, 0.6) is 0 Å². The Labute approximate surface area is 107 Å². The molecule has 0 radical (unpaired) electrons. The molecule has 0 aromatic heterocycles. The third kappa shape index (κ3) is 3.24. The van der Waals surface area contributed by atoms with E-state index in [4.69, 9.17) is 5.73 Å². The summed E-state index contributed by atoms with van der Waals surface area (Å²) in [5.74, 6) is 2.82. The highest BCUT2D eigenvalue weighted by molar-refractivity contribution is 7.98. The quantitative estimate of drug-likeness (QED) is 0.870. The first-order chi connectivity index (χ1) is 8.31. The van der Waals surface area contributed by atoms with Crippen molar-refractivity contribution < 1.29 is 0 Å². The van der Waals surface area contributed by atoms with Crippen LogP contribution in [0.15, 0.2) is 42.5 Å². The van der Waals surface area contributed by atoms with Gasteiger partial charge in [-0.25, -0.2) is 0 Å². The number of benzene rings is 2. The Bertz CT molecular complexity index is 476. The standard InChI is InChI=1S/C15H19NS/c1-12(9-16)10-17-11-14-7-4-6-13-5-2-3-8-15(13)14/h2-8,12H,9-11,16H2,1H3. The molecule has 1 atom stereocenters. The van der Waals surface area contributed by atoms with E-state index in [-0.39, 0.29) is 0 Å². The number of thioether (sulfide) groups is 1. The van der Waals surface area contributed by atoms with Crippen molar-refractivity contribution in [1.82, 2.24) is 0 Å². The minimum absolute atomic E-state index is 0.606. The lowest BCUT2D eigenvalue weighted by atomic mass is 10.1. The maximum absolute atomic E-state index is 5.63. The normalized spacial score (nSPS) is 12.8. The fourth-order valence-electron chi connectivity index (χ4n) is 1.86. The van der Waals surface area contributed by atoms with Crippen LogP contribution in [-0.2, 0) is 5.75 Å². The maximum Gasteiger partial charge on any atom is 0.0190 e. The van der Waals surface area contributed by atoms with Gasteiger partial charge in [0, 0.05) is 5.75 Å². The van der Waals surface area contributed by atoms with Crippen molar-refractivity contribution in [2.45, 2.75) is 12.7 Å². The molecule has 1 nitrogen and oxygen atoms in total. The molecular weight excluding hydrogens is 226 g/mol. The predicted molar refractivity (Wildman–Crippen MR) is 78.3 cm³/mol. The molecule has 2 aromatic rings. The molecule has 0 saturated heterocycles. The zero-order valence-electron chi connectivity index (χ0n) is 10.2. The van der Waals surface area contributed by atoms with Crippen LogP contribution in [-0.4, -0.2) is 12.3 Å². The van der Waals surface area contributed by atoms with Gasteiger partial charge in [-0.3, -0.25) is 0 Å². The van der Waals surface area contributed by atoms with Gasteiger partial charge in [0.15, 0.2) is 0 Å². The molecular formula is C15H19NS.